The zero-order valence-electron chi connectivity index (χ0n) is 8.47. The van der Waals surface area contributed by atoms with E-state index in [1.165, 1.54) is 11.8 Å². The van der Waals surface area contributed by atoms with Gasteiger partial charge in [0.1, 0.15) is 6.04 Å². The molecule has 0 radical (unpaired) electrons. The van der Waals surface area contributed by atoms with Crippen molar-refractivity contribution in [2.24, 2.45) is 0 Å². The van der Waals surface area contributed by atoms with Crippen LogP contribution in [0.3, 0.4) is 0 Å². The van der Waals surface area contributed by atoms with Crippen molar-refractivity contribution in [3.63, 3.8) is 0 Å². The van der Waals surface area contributed by atoms with Crippen LogP contribution in [0, 0.1) is 0 Å². The Morgan fingerprint density at radius 3 is 2.60 bits per heavy atom. The summed E-state index contributed by atoms with van der Waals surface area (Å²) in [6, 6.07) is -0.983. The van der Waals surface area contributed by atoms with Gasteiger partial charge in [-0.25, -0.2) is 13.1 Å². The molecule has 1 aliphatic carbocycles. The second kappa shape index (κ2) is 5.18. The monoisotopic (exact) mass is 253 g/mol. The lowest BCUT2D eigenvalue weighted by Crippen LogP contribution is -2.42. The molecule has 1 unspecified atom stereocenters. The molecule has 5 nitrogen and oxygen atoms in total. The number of thioether (sulfide) groups is 1. The zero-order chi connectivity index (χ0) is 11.5. The highest BCUT2D eigenvalue weighted by Gasteiger charge is 2.38. The van der Waals surface area contributed by atoms with Crippen LogP contribution in [0.1, 0.15) is 19.3 Å². The van der Waals surface area contributed by atoms with Crippen molar-refractivity contribution in [3.8, 4) is 0 Å². The highest BCUT2D eigenvalue weighted by Crippen LogP contribution is 2.27. The van der Waals surface area contributed by atoms with Crippen molar-refractivity contribution in [2.45, 2.75) is 30.6 Å². The van der Waals surface area contributed by atoms with Gasteiger partial charge >= 0.3 is 5.97 Å². The van der Waals surface area contributed by atoms with Crippen LogP contribution in [-0.4, -0.2) is 42.8 Å². The average Bonchev–Trinajstić information content (AvgIpc) is 2.94. The maximum atomic E-state index is 11.5. The molecule has 0 aromatic carbocycles. The molecule has 1 saturated carbocycles. The molecular weight excluding hydrogens is 238 g/mol. The van der Waals surface area contributed by atoms with Gasteiger partial charge in [-0.15, -0.1) is 0 Å². The van der Waals surface area contributed by atoms with Gasteiger partial charge in [-0.2, -0.15) is 11.8 Å². The zero-order valence-corrected chi connectivity index (χ0v) is 10.1. The Balaban J connectivity index is 2.53. The van der Waals surface area contributed by atoms with E-state index >= 15 is 0 Å². The summed E-state index contributed by atoms with van der Waals surface area (Å²) in [5, 5.41) is 8.46. The molecule has 0 aromatic rings. The fourth-order valence-electron chi connectivity index (χ4n) is 1.14. The smallest absolute Gasteiger partial charge is 0.321 e. The van der Waals surface area contributed by atoms with Crippen LogP contribution < -0.4 is 4.72 Å². The lowest BCUT2D eigenvalue weighted by molar-refractivity contribution is -0.139. The number of rotatable bonds is 7. The fraction of sp³-hybridized carbons (Fsp3) is 0.875. The number of carboxylic acid groups (broad SMARTS) is 1. The van der Waals surface area contributed by atoms with E-state index in [9.17, 15) is 13.2 Å². The number of aliphatic carboxylic acids is 1. The third kappa shape index (κ3) is 4.00. The highest BCUT2D eigenvalue weighted by atomic mass is 32.2. The Labute approximate surface area is 93.7 Å². The lowest BCUT2D eigenvalue weighted by Gasteiger charge is -2.13. The molecule has 88 valence electrons. The predicted octanol–water partition coefficient (Wildman–Crippen LogP) is 0.274. The van der Waals surface area contributed by atoms with Crippen LogP contribution in [0.4, 0.5) is 0 Å². The van der Waals surface area contributed by atoms with Crippen LogP contribution in [-0.2, 0) is 14.8 Å². The first-order valence-corrected chi connectivity index (χ1v) is 7.64. The van der Waals surface area contributed by atoms with Gasteiger partial charge in [-0.3, -0.25) is 4.79 Å². The van der Waals surface area contributed by atoms with Crippen molar-refractivity contribution in [1.29, 1.82) is 0 Å². The van der Waals surface area contributed by atoms with Crippen molar-refractivity contribution in [2.75, 3.05) is 12.0 Å². The molecule has 1 atom stereocenters. The molecule has 1 fully saturated rings. The minimum atomic E-state index is -3.40. The maximum absolute atomic E-state index is 11.5. The molecule has 0 spiro atoms. The third-order valence-corrected chi connectivity index (χ3v) is 4.78. The van der Waals surface area contributed by atoms with Gasteiger partial charge in [0.2, 0.25) is 10.0 Å². The Morgan fingerprint density at radius 2 is 2.20 bits per heavy atom. The summed E-state index contributed by atoms with van der Waals surface area (Å²) in [7, 11) is -3.40. The van der Waals surface area contributed by atoms with Gasteiger partial charge in [0.05, 0.1) is 5.25 Å². The van der Waals surface area contributed by atoms with Crippen molar-refractivity contribution < 1.29 is 18.3 Å². The number of carboxylic acids is 1. The van der Waals surface area contributed by atoms with Gasteiger partial charge in [-0.05, 0) is 31.3 Å². The first-order valence-electron chi connectivity index (χ1n) is 4.70. The van der Waals surface area contributed by atoms with Crippen molar-refractivity contribution in [1.82, 2.24) is 4.72 Å². The Morgan fingerprint density at radius 1 is 1.60 bits per heavy atom. The molecule has 0 bridgehead atoms. The van der Waals surface area contributed by atoms with Gasteiger partial charge in [-0.1, -0.05) is 0 Å². The summed E-state index contributed by atoms with van der Waals surface area (Å²) >= 11 is 1.50. The van der Waals surface area contributed by atoms with E-state index in [4.69, 9.17) is 5.11 Å². The number of carbonyl (C=O) groups is 1. The number of hydrogen-bond acceptors (Lipinski definition) is 4. The predicted molar refractivity (Wildman–Crippen MR) is 59.5 cm³/mol. The standard InChI is InChI=1S/C8H15NO4S2/c1-14-5-4-7(8(10)11)9-15(12,13)6-2-3-6/h6-7,9H,2-5H2,1H3,(H,10,11). The Kier molecular flexibility index (Phi) is 4.42. The van der Waals surface area contributed by atoms with Gasteiger partial charge in [0.25, 0.3) is 0 Å². The summed E-state index contributed by atoms with van der Waals surface area (Å²) < 4.78 is 25.2. The maximum Gasteiger partial charge on any atom is 0.321 e. The van der Waals surface area contributed by atoms with Crippen LogP contribution in [0.25, 0.3) is 0 Å². The van der Waals surface area contributed by atoms with Crippen LogP contribution in [0.2, 0.25) is 0 Å². The average molecular weight is 253 g/mol. The second-order valence-corrected chi connectivity index (χ2v) is 6.51. The molecule has 0 aromatic heterocycles. The summed E-state index contributed by atoms with van der Waals surface area (Å²) in [6.45, 7) is 0. The van der Waals surface area contributed by atoms with Crippen LogP contribution >= 0.6 is 11.8 Å². The molecule has 15 heavy (non-hydrogen) atoms. The van der Waals surface area contributed by atoms with E-state index in [0.29, 0.717) is 25.0 Å². The van der Waals surface area contributed by atoms with Gasteiger partial charge < -0.3 is 5.11 Å². The van der Waals surface area contributed by atoms with E-state index in [0.717, 1.165) is 0 Å². The molecular formula is C8H15NO4S2. The van der Waals surface area contributed by atoms with E-state index in [-0.39, 0.29) is 5.25 Å². The molecule has 7 heteroatoms. The molecule has 1 rings (SSSR count). The number of nitrogens with one attached hydrogen (secondary N) is 1. The SMILES string of the molecule is CSCCC(NS(=O)(=O)C1CC1)C(=O)O. The Hall–Kier alpha value is -0.270. The van der Waals surface area contributed by atoms with Crippen LogP contribution in [0.5, 0.6) is 0 Å². The second-order valence-electron chi connectivity index (χ2n) is 3.53. The number of hydrogen-bond donors (Lipinski definition) is 2. The fourth-order valence-corrected chi connectivity index (χ4v) is 3.18. The summed E-state index contributed by atoms with van der Waals surface area (Å²) in [5.41, 5.74) is 0. The third-order valence-electron chi connectivity index (χ3n) is 2.18. The normalized spacial score (nSPS) is 18.7. The molecule has 1 aliphatic rings. The minimum absolute atomic E-state index is 0.322. The van der Waals surface area contributed by atoms with E-state index in [2.05, 4.69) is 4.72 Å². The highest BCUT2D eigenvalue weighted by molar-refractivity contribution is 7.98. The van der Waals surface area contributed by atoms with E-state index < -0.39 is 22.0 Å². The van der Waals surface area contributed by atoms with Crippen molar-refractivity contribution >= 4 is 27.8 Å². The van der Waals surface area contributed by atoms with Gasteiger partial charge in [0, 0.05) is 0 Å². The summed E-state index contributed by atoms with van der Waals surface area (Å²) in [4.78, 5) is 10.8. The summed E-state index contributed by atoms with van der Waals surface area (Å²) in [6.07, 6.45) is 3.46. The summed E-state index contributed by atoms with van der Waals surface area (Å²) in [5.74, 6) is -0.474. The van der Waals surface area contributed by atoms with Crippen molar-refractivity contribution in [3.05, 3.63) is 0 Å². The quantitative estimate of drug-likeness (QED) is 0.680. The minimum Gasteiger partial charge on any atom is -0.480 e. The first kappa shape index (κ1) is 12.8. The van der Waals surface area contributed by atoms with Gasteiger partial charge in [0.15, 0.2) is 0 Å². The topological polar surface area (TPSA) is 83.5 Å². The molecule has 0 aliphatic heterocycles. The Bertz CT molecular complexity index is 324. The van der Waals surface area contributed by atoms with E-state index in [1.54, 1.807) is 0 Å². The molecule has 2 N–H and O–H groups in total. The van der Waals surface area contributed by atoms with Crippen LogP contribution in [0.15, 0.2) is 0 Å². The van der Waals surface area contributed by atoms with E-state index in [1.807, 2.05) is 6.26 Å². The molecule has 0 heterocycles. The molecule has 0 amide bonds. The largest absolute Gasteiger partial charge is 0.480 e. The number of sulfonamides is 1. The first-order chi connectivity index (χ1) is 6.97. The molecule has 0 saturated heterocycles. The lowest BCUT2D eigenvalue weighted by atomic mass is 10.2.